The quantitative estimate of drug-likeness (QED) is 0.644. The average molecular weight is 197 g/mol. The smallest absolute Gasteiger partial charge is 0.226 e. The molecule has 0 aromatic carbocycles. The van der Waals surface area contributed by atoms with Gasteiger partial charge in [-0.25, -0.2) is 0 Å². The van der Waals surface area contributed by atoms with Gasteiger partial charge in [0, 0.05) is 19.9 Å². The van der Waals surface area contributed by atoms with Gasteiger partial charge in [0.1, 0.15) is 0 Å². The SMILES string of the molecule is CC(=O)N(C(C)=O)[C@H]1CC[C@H](C)CC1. The van der Waals surface area contributed by atoms with Crippen LogP contribution in [0.5, 0.6) is 0 Å². The summed E-state index contributed by atoms with van der Waals surface area (Å²) >= 11 is 0. The molecule has 0 bridgehead atoms. The van der Waals surface area contributed by atoms with Crippen molar-refractivity contribution >= 4 is 11.8 Å². The van der Waals surface area contributed by atoms with Gasteiger partial charge in [-0.15, -0.1) is 0 Å². The summed E-state index contributed by atoms with van der Waals surface area (Å²) in [7, 11) is 0. The average Bonchev–Trinajstić information content (AvgIpc) is 2.07. The van der Waals surface area contributed by atoms with Crippen LogP contribution in [0.3, 0.4) is 0 Å². The third kappa shape index (κ3) is 2.56. The third-order valence-electron chi connectivity index (χ3n) is 3.03. The van der Waals surface area contributed by atoms with Crippen molar-refractivity contribution in [1.82, 2.24) is 4.90 Å². The maximum atomic E-state index is 11.3. The standard InChI is InChI=1S/C11H19NO2/c1-8-4-6-11(7-5-8)12(9(2)13)10(3)14/h8,11H,4-7H2,1-3H3/t8-,11-. The Labute approximate surface area is 85.5 Å². The van der Waals surface area contributed by atoms with Gasteiger partial charge < -0.3 is 0 Å². The van der Waals surface area contributed by atoms with Crippen LogP contribution in [0.25, 0.3) is 0 Å². The first kappa shape index (κ1) is 11.2. The lowest BCUT2D eigenvalue weighted by Gasteiger charge is -2.33. The fourth-order valence-electron chi connectivity index (χ4n) is 2.24. The molecule has 0 unspecified atom stereocenters. The number of imide groups is 1. The zero-order valence-electron chi connectivity index (χ0n) is 9.25. The Morgan fingerprint density at radius 1 is 1.00 bits per heavy atom. The number of carbonyl (C=O) groups excluding carboxylic acids is 2. The highest BCUT2D eigenvalue weighted by molar-refractivity contribution is 5.93. The molecule has 3 heteroatoms. The van der Waals surface area contributed by atoms with Crippen molar-refractivity contribution < 1.29 is 9.59 Å². The van der Waals surface area contributed by atoms with Gasteiger partial charge in [-0.2, -0.15) is 0 Å². The van der Waals surface area contributed by atoms with E-state index in [0.29, 0.717) is 0 Å². The van der Waals surface area contributed by atoms with Crippen LogP contribution in [0.1, 0.15) is 46.5 Å². The first-order valence-corrected chi connectivity index (χ1v) is 5.32. The maximum absolute atomic E-state index is 11.3. The molecular weight excluding hydrogens is 178 g/mol. The molecule has 80 valence electrons. The second kappa shape index (κ2) is 4.58. The zero-order chi connectivity index (χ0) is 10.7. The maximum Gasteiger partial charge on any atom is 0.226 e. The Morgan fingerprint density at radius 2 is 1.43 bits per heavy atom. The molecule has 0 saturated heterocycles. The highest BCUT2D eigenvalue weighted by Crippen LogP contribution is 2.27. The van der Waals surface area contributed by atoms with Crippen molar-refractivity contribution in [2.75, 3.05) is 0 Å². The Hall–Kier alpha value is -0.860. The largest absolute Gasteiger partial charge is 0.280 e. The van der Waals surface area contributed by atoms with E-state index in [-0.39, 0.29) is 17.9 Å². The molecule has 1 fully saturated rings. The summed E-state index contributed by atoms with van der Waals surface area (Å²) in [6.07, 6.45) is 4.20. The van der Waals surface area contributed by atoms with Gasteiger partial charge in [-0.3, -0.25) is 14.5 Å². The molecule has 0 N–H and O–H groups in total. The Kier molecular flexibility index (Phi) is 3.67. The zero-order valence-corrected chi connectivity index (χ0v) is 9.25. The normalized spacial score (nSPS) is 27.1. The summed E-state index contributed by atoms with van der Waals surface area (Å²) in [6, 6.07) is 0.154. The summed E-state index contributed by atoms with van der Waals surface area (Å²) in [5, 5.41) is 0. The van der Waals surface area contributed by atoms with Crippen molar-refractivity contribution in [2.24, 2.45) is 5.92 Å². The topological polar surface area (TPSA) is 37.4 Å². The number of hydrogen-bond donors (Lipinski definition) is 0. The van der Waals surface area contributed by atoms with Gasteiger partial charge in [0.2, 0.25) is 11.8 Å². The summed E-state index contributed by atoms with van der Waals surface area (Å²) in [5.41, 5.74) is 0. The minimum atomic E-state index is -0.114. The molecule has 1 saturated carbocycles. The summed E-state index contributed by atoms with van der Waals surface area (Å²) < 4.78 is 0. The van der Waals surface area contributed by atoms with Crippen LogP contribution in [0, 0.1) is 5.92 Å². The van der Waals surface area contributed by atoms with E-state index in [2.05, 4.69) is 6.92 Å². The minimum Gasteiger partial charge on any atom is -0.280 e. The number of amides is 2. The third-order valence-corrected chi connectivity index (χ3v) is 3.03. The van der Waals surface area contributed by atoms with Crippen LogP contribution >= 0.6 is 0 Å². The fraction of sp³-hybridized carbons (Fsp3) is 0.818. The molecule has 0 spiro atoms. The monoisotopic (exact) mass is 197 g/mol. The second-order valence-electron chi connectivity index (χ2n) is 4.32. The number of nitrogens with zero attached hydrogens (tertiary/aromatic N) is 1. The predicted octanol–water partition coefficient (Wildman–Crippen LogP) is 1.96. The van der Waals surface area contributed by atoms with Gasteiger partial charge in [0.25, 0.3) is 0 Å². The summed E-state index contributed by atoms with van der Waals surface area (Å²) in [6.45, 7) is 5.17. The van der Waals surface area contributed by atoms with Gasteiger partial charge in [0.15, 0.2) is 0 Å². The molecule has 0 atom stereocenters. The van der Waals surface area contributed by atoms with Crippen LogP contribution in [0.15, 0.2) is 0 Å². The molecule has 1 rings (SSSR count). The van der Waals surface area contributed by atoms with Crippen LogP contribution < -0.4 is 0 Å². The van der Waals surface area contributed by atoms with E-state index in [4.69, 9.17) is 0 Å². The lowest BCUT2D eigenvalue weighted by molar-refractivity contribution is -0.145. The first-order valence-electron chi connectivity index (χ1n) is 5.32. The van der Waals surface area contributed by atoms with E-state index < -0.39 is 0 Å². The number of rotatable bonds is 1. The van der Waals surface area contributed by atoms with Crippen LogP contribution in [-0.4, -0.2) is 22.8 Å². The molecule has 0 aromatic heterocycles. The predicted molar refractivity (Wildman–Crippen MR) is 54.6 cm³/mol. The van der Waals surface area contributed by atoms with E-state index in [1.807, 2.05) is 0 Å². The van der Waals surface area contributed by atoms with Gasteiger partial charge in [-0.05, 0) is 31.6 Å². The van der Waals surface area contributed by atoms with Crippen molar-refractivity contribution in [3.05, 3.63) is 0 Å². The van der Waals surface area contributed by atoms with Crippen molar-refractivity contribution in [1.29, 1.82) is 0 Å². The molecule has 3 nitrogen and oxygen atoms in total. The first-order chi connectivity index (χ1) is 6.52. The molecule has 0 radical (unpaired) electrons. The van der Waals surface area contributed by atoms with E-state index >= 15 is 0 Å². The second-order valence-corrected chi connectivity index (χ2v) is 4.32. The summed E-state index contributed by atoms with van der Waals surface area (Å²) in [4.78, 5) is 24.0. The molecule has 0 aromatic rings. The lowest BCUT2D eigenvalue weighted by atomic mass is 9.86. The molecule has 1 aliphatic rings. The van der Waals surface area contributed by atoms with Gasteiger partial charge in [0.05, 0.1) is 0 Å². The lowest BCUT2D eigenvalue weighted by Crippen LogP contribution is -2.43. The molecular formula is C11H19NO2. The molecule has 14 heavy (non-hydrogen) atoms. The van der Waals surface area contributed by atoms with Crippen LogP contribution in [0.2, 0.25) is 0 Å². The van der Waals surface area contributed by atoms with E-state index in [1.165, 1.54) is 18.7 Å². The van der Waals surface area contributed by atoms with E-state index in [1.54, 1.807) is 0 Å². The minimum absolute atomic E-state index is 0.114. The van der Waals surface area contributed by atoms with Gasteiger partial charge in [-0.1, -0.05) is 6.92 Å². The van der Waals surface area contributed by atoms with Crippen LogP contribution in [-0.2, 0) is 9.59 Å². The molecule has 0 aliphatic heterocycles. The molecule has 2 amide bonds. The Bertz CT molecular complexity index is 215. The van der Waals surface area contributed by atoms with Crippen LogP contribution in [0.4, 0.5) is 0 Å². The van der Waals surface area contributed by atoms with E-state index in [0.717, 1.165) is 31.6 Å². The molecule has 1 aliphatic carbocycles. The highest BCUT2D eigenvalue weighted by Gasteiger charge is 2.27. The Balaban J connectivity index is 2.61. The Morgan fingerprint density at radius 3 is 1.79 bits per heavy atom. The van der Waals surface area contributed by atoms with Crippen molar-refractivity contribution in [3.8, 4) is 0 Å². The summed E-state index contributed by atoms with van der Waals surface area (Å²) in [5.74, 6) is 0.515. The number of carbonyl (C=O) groups is 2. The number of hydrogen-bond acceptors (Lipinski definition) is 2. The van der Waals surface area contributed by atoms with Gasteiger partial charge >= 0.3 is 0 Å². The van der Waals surface area contributed by atoms with E-state index in [9.17, 15) is 9.59 Å². The van der Waals surface area contributed by atoms with Crippen molar-refractivity contribution in [2.45, 2.75) is 52.5 Å². The molecule has 0 heterocycles. The highest BCUT2D eigenvalue weighted by atomic mass is 16.2. The fourth-order valence-corrected chi connectivity index (χ4v) is 2.24. The van der Waals surface area contributed by atoms with Crippen molar-refractivity contribution in [3.63, 3.8) is 0 Å².